The average molecular weight is 497 g/mol. The van der Waals surface area contributed by atoms with Gasteiger partial charge in [0.05, 0.1) is 18.9 Å². The van der Waals surface area contributed by atoms with Gasteiger partial charge in [0.15, 0.2) is 0 Å². The molecule has 2 fully saturated rings. The second kappa shape index (κ2) is 10.3. The summed E-state index contributed by atoms with van der Waals surface area (Å²) in [5, 5.41) is 0. The standard InChI is InChI=1S/C27H27F3N4O2/c28-27(29,30)26-31-18-23(19-4-2-1-3-5-19)24(32-26)20-10-12-34(13-11-20)25(35)21-6-8-22(9-7-21)33-14-16-36-17-15-33/h1-9,18,20H,10-17H2. The number of morpholine rings is 1. The monoisotopic (exact) mass is 496 g/mol. The van der Waals surface area contributed by atoms with Gasteiger partial charge in [-0.05, 0) is 42.7 Å². The van der Waals surface area contributed by atoms with Gasteiger partial charge in [0, 0.05) is 55.1 Å². The van der Waals surface area contributed by atoms with Gasteiger partial charge in [-0.15, -0.1) is 0 Å². The number of likely N-dealkylation sites (tertiary alicyclic amines) is 1. The molecule has 0 spiro atoms. The number of ether oxygens (including phenoxy) is 1. The van der Waals surface area contributed by atoms with Crippen molar-refractivity contribution in [3.8, 4) is 11.1 Å². The van der Waals surface area contributed by atoms with Crippen LogP contribution in [0.2, 0.25) is 0 Å². The molecule has 3 heterocycles. The second-order valence-electron chi connectivity index (χ2n) is 9.07. The van der Waals surface area contributed by atoms with Crippen LogP contribution in [0.3, 0.4) is 0 Å². The zero-order valence-electron chi connectivity index (χ0n) is 19.7. The van der Waals surface area contributed by atoms with Gasteiger partial charge in [-0.2, -0.15) is 13.2 Å². The third kappa shape index (κ3) is 5.21. The highest BCUT2D eigenvalue weighted by atomic mass is 19.4. The first-order chi connectivity index (χ1) is 17.4. The minimum Gasteiger partial charge on any atom is -0.378 e. The van der Waals surface area contributed by atoms with E-state index in [9.17, 15) is 18.0 Å². The van der Waals surface area contributed by atoms with Crippen molar-refractivity contribution >= 4 is 11.6 Å². The highest BCUT2D eigenvalue weighted by Crippen LogP contribution is 2.36. The van der Waals surface area contributed by atoms with Crippen LogP contribution in [0.1, 0.15) is 40.6 Å². The van der Waals surface area contributed by atoms with Crippen LogP contribution < -0.4 is 4.90 Å². The zero-order chi connectivity index (χ0) is 25.1. The first-order valence-electron chi connectivity index (χ1n) is 12.1. The molecular weight excluding hydrogens is 469 g/mol. The van der Waals surface area contributed by atoms with Crippen LogP contribution in [0.4, 0.5) is 18.9 Å². The van der Waals surface area contributed by atoms with Crippen molar-refractivity contribution in [2.75, 3.05) is 44.3 Å². The predicted molar refractivity (Wildman–Crippen MR) is 130 cm³/mol. The van der Waals surface area contributed by atoms with E-state index in [1.54, 1.807) is 4.90 Å². The third-order valence-electron chi connectivity index (χ3n) is 6.82. The number of benzene rings is 2. The molecule has 0 radical (unpaired) electrons. The molecule has 1 aromatic heterocycles. The number of alkyl halides is 3. The smallest absolute Gasteiger partial charge is 0.378 e. The van der Waals surface area contributed by atoms with E-state index >= 15 is 0 Å². The molecule has 5 rings (SSSR count). The van der Waals surface area contributed by atoms with Crippen molar-refractivity contribution in [2.45, 2.75) is 24.9 Å². The van der Waals surface area contributed by atoms with Crippen molar-refractivity contribution < 1.29 is 22.7 Å². The third-order valence-corrected chi connectivity index (χ3v) is 6.82. The molecule has 1 amide bonds. The molecule has 0 N–H and O–H groups in total. The Morgan fingerprint density at radius 3 is 2.22 bits per heavy atom. The fourth-order valence-electron chi connectivity index (χ4n) is 4.86. The highest BCUT2D eigenvalue weighted by Gasteiger charge is 2.36. The zero-order valence-corrected chi connectivity index (χ0v) is 19.7. The molecule has 0 aliphatic carbocycles. The van der Waals surface area contributed by atoms with Gasteiger partial charge in [0.25, 0.3) is 5.91 Å². The van der Waals surface area contributed by atoms with Crippen LogP contribution in [0.5, 0.6) is 0 Å². The van der Waals surface area contributed by atoms with E-state index < -0.39 is 12.0 Å². The Morgan fingerprint density at radius 2 is 1.58 bits per heavy atom. The predicted octanol–water partition coefficient (Wildman–Crippen LogP) is 5.02. The summed E-state index contributed by atoms with van der Waals surface area (Å²) in [6.45, 7) is 3.94. The van der Waals surface area contributed by atoms with Crippen LogP contribution in [-0.4, -0.2) is 60.2 Å². The van der Waals surface area contributed by atoms with Crippen LogP contribution in [0.25, 0.3) is 11.1 Å². The molecule has 3 aromatic rings. The number of hydrogen-bond donors (Lipinski definition) is 0. The summed E-state index contributed by atoms with van der Waals surface area (Å²) in [6.07, 6.45) is -2.28. The van der Waals surface area contributed by atoms with Gasteiger partial charge in [0.1, 0.15) is 0 Å². The minimum absolute atomic E-state index is 0.0658. The Labute approximate surface area is 207 Å². The maximum absolute atomic E-state index is 13.4. The molecular formula is C27H27F3N4O2. The van der Waals surface area contributed by atoms with Crippen molar-refractivity contribution in [1.82, 2.24) is 14.9 Å². The molecule has 0 saturated carbocycles. The van der Waals surface area contributed by atoms with Gasteiger partial charge in [0.2, 0.25) is 5.82 Å². The maximum Gasteiger partial charge on any atom is 0.451 e. The van der Waals surface area contributed by atoms with Crippen molar-refractivity contribution in [3.05, 3.63) is 77.9 Å². The maximum atomic E-state index is 13.4. The molecule has 9 heteroatoms. The molecule has 6 nitrogen and oxygen atoms in total. The number of amides is 1. The number of aromatic nitrogens is 2. The average Bonchev–Trinajstić information content (AvgIpc) is 2.93. The summed E-state index contributed by atoms with van der Waals surface area (Å²) >= 11 is 0. The SMILES string of the molecule is O=C(c1ccc(N2CCOCC2)cc1)N1CCC(c2nc(C(F)(F)F)ncc2-c2ccccc2)CC1. The Hall–Kier alpha value is -3.46. The first-order valence-corrected chi connectivity index (χ1v) is 12.1. The molecule has 188 valence electrons. The fourth-order valence-corrected chi connectivity index (χ4v) is 4.86. The Kier molecular flexibility index (Phi) is 6.91. The Bertz CT molecular complexity index is 1190. The Balaban J connectivity index is 1.30. The van der Waals surface area contributed by atoms with E-state index in [1.807, 2.05) is 54.6 Å². The lowest BCUT2D eigenvalue weighted by molar-refractivity contribution is -0.145. The normalized spacial score (nSPS) is 17.3. The van der Waals surface area contributed by atoms with E-state index in [4.69, 9.17) is 4.74 Å². The number of halogens is 3. The van der Waals surface area contributed by atoms with E-state index in [-0.39, 0.29) is 11.8 Å². The van der Waals surface area contributed by atoms with Gasteiger partial charge in [-0.3, -0.25) is 4.79 Å². The molecule has 36 heavy (non-hydrogen) atoms. The van der Waals surface area contributed by atoms with Crippen molar-refractivity contribution in [1.29, 1.82) is 0 Å². The first kappa shape index (κ1) is 24.2. The minimum atomic E-state index is -4.62. The summed E-state index contributed by atoms with van der Waals surface area (Å²) in [4.78, 5) is 24.7. The summed E-state index contributed by atoms with van der Waals surface area (Å²) < 4.78 is 45.5. The van der Waals surface area contributed by atoms with E-state index in [0.717, 1.165) is 24.3 Å². The van der Waals surface area contributed by atoms with E-state index in [2.05, 4.69) is 14.9 Å². The molecule has 2 aromatic carbocycles. The Morgan fingerprint density at radius 1 is 0.917 bits per heavy atom. The summed E-state index contributed by atoms with van der Waals surface area (Å²) in [7, 11) is 0. The van der Waals surface area contributed by atoms with Crippen LogP contribution >= 0.6 is 0 Å². The van der Waals surface area contributed by atoms with Crippen molar-refractivity contribution in [2.24, 2.45) is 0 Å². The van der Waals surface area contributed by atoms with Gasteiger partial charge < -0.3 is 14.5 Å². The van der Waals surface area contributed by atoms with Gasteiger partial charge in [-0.25, -0.2) is 9.97 Å². The van der Waals surface area contributed by atoms with Gasteiger partial charge >= 0.3 is 6.18 Å². The number of piperidine rings is 1. The number of hydrogen-bond acceptors (Lipinski definition) is 5. The molecule has 2 saturated heterocycles. The topological polar surface area (TPSA) is 58.6 Å². The van der Waals surface area contributed by atoms with Gasteiger partial charge in [-0.1, -0.05) is 30.3 Å². The molecule has 0 unspecified atom stereocenters. The molecule has 2 aliphatic rings. The second-order valence-corrected chi connectivity index (χ2v) is 9.07. The fraction of sp³-hybridized carbons (Fsp3) is 0.370. The lowest BCUT2D eigenvalue weighted by Crippen LogP contribution is -2.38. The number of carbonyl (C=O) groups is 1. The largest absolute Gasteiger partial charge is 0.451 e. The lowest BCUT2D eigenvalue weighted by Gasteiger charge is -2.33. The highest BCUT2D eigenvalue weighted by molar-refractivity contribution is 5.94. The summed E-state index contributed by atoms with van der Waals surface area (Å²) in [5.41, 5.74) is 3.45. The number of anilines is 1. The molecule has 2 aliphatic heterocycles. The number of carbonyl (C=O) groups excluding carboxylic acids is 1. The summed E-state index contributed by atoms with van der Waals surface area (Å²) in [5.74, 6) is -1.39. The van der Waals surface area contributed by atoms with E-state index in [1.165, 1.54) is 6.20 Å². The lowest BCUT2D eigenvalue weighted by atomic mass is 9.88. The van der Waals surface area contributed by atoms with E-state index in [0.29, 0.717) is 56.0 Å². The van der Waals surface area contributed by atoms with Crippen LogP contribution in [-0.2, 0) is 10.9 Å². The number of rotatable bonds is 4. The molecule has 0 bridgehead atoms. The number of nitrogens with zero attached hydrogens (tertiary/aromatic N) is 4. The van der Waals surface area contributed by atoms with Crippen molar-refractivity contribution in [3.63, 3.8) is 0 Å². The molecule has 0 atom stereocenters. The van der Waals surface area contributed by atoms with Crippen LogP contribution in [0, 0.1) is 0 Å². The summed E-state index contributed by atoms with van der Waals surface area (Å²) in [6, 6.07) is 16.8. The quantitative estimate of drug-likeness (QED) is 0.508. The van der Waals surface area contributed by atoms with Crippen LogP contribution in [0.15, 0.2) is 60.8 Å².